The van der Waals surface area contributed by atoms with Crippen LogP contribution in [0, 0.1) is 23.3 Å². The molecule has 39 heavy (non-hydrogen) atoms. The van der Waals surface area contributed by atoms with Gasteiger partial charge >= 0.3 is 12.1 Å². The third kappa shape index (κ3) is 13.8. The number of halogens is 4. The van der Waals surface area contributed by atoms with Crippen LogP contribution in [0.4, 0.5) is 22.4 Å². The van der Waals surface area contributed by atoms with E-state index in [0.717, 1.165) is 32.1 Å². The Balaban J connectivity index is 1.36. The molecule has 220 valence electrons. The second-order valence-electron chi connectivity index (χ2n) is 8.40. The smallest absolute Gasteiger partial charge is 0.407 e. The molecular weight excluding hydrogens is 530 g/mol. The number of nitrogens with one attached hydrogen (secondary N) is 1. The van der Waals surface area contributed by atoms with Crippen LogP contribution in [0.5, 0.6) is 5.75 Å². The molecule has 1 aromatic carbocycles. The van der Waals surface area contributed by atoms with Crippen molar-refractivity contribution in [1.82, 2.24) is 5.32 Å². The van der Waals surface area contributed by atoms with Crippen molar-refractivity contribution in [3.63, 3.8) is 0 Å². The second-order valence-corrected chi connectivity index (χ2v) is 8.40. The maximum Gasteiger partial charge on any atom is 0.407 e. The number of esters is 1. The van der Waals surface area contributed by atoms with Crippen LogP contribution >= 0.6 is 0 Å². The van der Waals surface area contributed by atoms with Crippen molar-refractivity contribution in [2.24, 2.45) is 0 Å². The Hall–Kier alpha value is -2.74. The first-order chi connectivity index (χ1) is 18.9. The van der Waals surface area contributed by atoms with Crippen molar-refractivity contribution in [2.75, 3.05) is 59.4 Å². The van der Waals surface area contributed by atoms with Gasteiger partial charge in [-0.1, -0.05) is 12.2 Å². The third-order valence-corrected chi connectivity index (χ3v) is 5.36. The third-order valence-electron chi connectivity index (χ3n) is 5.36. The molecule has 1 N–H and O–H groups in total. The summed E-state index contributed by atoms with van der Waals surface area (Å²) in [6.07, 6.45) is 8.04. The fourth-order valence-corrected chi connectivity index (χ4v) is 3.38. The normalized spacial score (nSPS) is 16.3. The molecular formula is C26H35F4NO8. The molecule has 0 heterocycles. The van der Waals surface area contributed by atoms with Crippen LogP contribution in [0.1, 0.15) is 38.5 Å². The first-order valence-corrected chi connectivity index (χ1v) is 12.8. The molecule has 1 aliphatic carbocycles. The molecule has 0 aliphatic heterocycles. The van der Waals surface area contributed by atoms with E-state index in [1.165, 1.54) is 0 Å². The number of hydrogen-bond donors (Lipinski definition) is 1. The summed E-state index contributed by atoms with van der Waals surface area (Å²) in [5, 5.41) is 2.67. The standard InChI is InChI=1S/C26H35F4NO8/c27-20-18-21(28)24(30)25(23(20)29)39-22(32)8-10-34-12-14-36-16-17-37-15-13-35-11-9-31-26(33)38-19-6-4-2-1-3-5-7-19/h1-2,18-19H,3-17H2,(H,31,33)/b2-1+. The number of hydrogen-bond acceptors (Lipinski definition) is 8. The summed E-state index contributed by atoms with van der Waals surface area (Å²) in [6, 6.07) is 0.0164. The zero-order chi connectivity index (χ0) is 28.3. The molecule has 0 bridgehead atoms. The van der Waals surface area contributed by atoms with Crippen molar-refractivity contribution >= 4 is 12.1 Å². The lowest BCUT2D eigenvalue weighted by molar-refractivity contribution is -0.136. The highest BCUT2D eigenvalue weighted by Gasteiger charge is 2.23. The van der Waals surface area contributed by atoms with Crippen molar-refractivity contribution < 1.29 is 55.6 Å². The van der Waals surface area contributed by atoms with Crippen LogP contribution in [-0.4, -0.2) is 77.6 Å². The molecule has 9 nitrogen and oxygen atoms in total. The Kier molecular flexibility index (Phi) is 16.1. The minimum absolute atomic E-state index is 0.0164. The highest BCUT2D eigenvalue weighted by Crippen LogP contribution is 2.26. The minimum Gasteiger partial charge on any atom is -0.446 e. The van der Waals surface area contributed by atoms with Gasteiger partial charge in [-0.3, -0.25) is 4.79 Å². The maximum absolute atomic E-state index is 13.5. The summed E-state index contributed by atoms with van der Waals surface area (Å²) in [7, 11) is 0. The van der Waals surface area contributed by atoms with E-state index in [1.807, 2.05) is 0 Å². The van der Waals surface area contributed by atoms with E-state index < -0.39 is 47.5 Å². The van der Waals surface area contributed by atoms with Gasteiger partial charge in [0.25, 0.3) is 0 Å². The Labute approximate surface area is 224 Å². The van der Waals surface area contributed by atoms with Crippen LogP contribution in [0.2, 0.25) is 0 Å². The van der Waals surface area contributed by atoms with Gasteiger partial charge in [-0.2, -0.15) is 8.78 Å². The van der Waals surface area contributed by atoms with E-state index >= 15 is 0 Å². The number of allylic oxidation sites excluding steroid dienone is 2. The SMILES string of the molecule is O=C(CCOCCOCCOCCOCCNC(=O)OC1CC/C=C/CCC1)Oc1c(F)c(F)cc(F)c1F. The Bertz CT molecular complexity index is 892. The summed E-state index contributed by atoms with van der Waals surface area (Å²) in [6.45, 7) is 2.14. The first kappa shape index (κ1) is 32.5. The topological polar surface area (TPSA) is 102 Å². The number of ether oxygens (including phenoxy) is 6. The van der Waals surface area contributed by atoms with Crippen molar-refractivity contribution in [1.29, 1.82) is 0 Å². The van der Waals surface area contributed by atoms with Gasteiger partial charge in [0.2, 0.25) is 17.4 Å². The van der Waals surface area contributed by atoms with Gasteiger partial charge in [0.1, 0.15) is 6.10 Å². The lowest BCUT2D eigenvalue weighted by Gasteiger charge is -2.18. The minimum atomic E-state index is -1.79. The van der Waals surface area contributed by atoms with Crippen LogP contribution in [-0.2, 0) is 28.5 Å². The average molecular weight is 566 g/mol. The largest absolute Gasteiger partial charge is 0.446 e. The highest BCUT2D eigenvalue weighted by molar-refractivity contribution is 5.72. The summed E-state index contributed by atoms with van der Waals surface area (Å²) in [5.41, 5.74) is 0. The molecule has 1 unspecified atom stereocenters. The molecule has 1 aliphatic rings. The summed E-state index contributed by atoms with van der Waals surface area (Å²) < 4.78 is 84.1. The highest BCUT2D eigenvalue weighted by atomic mass is 19.2. The van der Waals surface area contributed by atoms with E-state index in [9.17, 15) is 27.2 Å². The van der Waals surface area contributed by atoms with Crippen molar-refractivity contribution in [3.05, 3.63) is 41.5 Å². The summed E-state index contributed by atoms with van der Waals surface area (Å²) in [5.74, 6) is -9.48. The Morgan fingerprint density at radius 1 is 0.769 bits per heavy atom. The number of benzene rings is 1. The zero-order valence-corrected chi connectivity index (χ0v) is 21.7. The number of carbonyl (C=O) groups is 2. The van der Waals surface area contributed by atoms with Gasteiger partial charge in [0.05, 0.1) is 59.3 Å². The lowest BCUT2D eigenvalue weighted by Crippen LogP contribution is -2.31. The molecule has 13 heteroatoms. The lowest BCUT2D eigenvalue weighted by atomic mass is 10.0. The monoisotopic (exact) mass is 565 g/mol. The molecule has 0 radical (unpaired) electrons. The summed E-state index contributed by atoms with van der Waals surface area (Å²) in [4.78, 5) is 23.5. The first-order valence-electron chi connectivity index (χ1n) is 12.8. The van der Waals surface area contributed by atoms with Crippen molar-refractivity contribution in [2.45, 2.75) is 44.6 Å². The van der Waals surface area contributed by atoms with Crippen LogP contribution < -0.4 is 10.1 Å². The predicted octanol–water partition coefficient (Wildman–Crippen LogP) is 4.22. The molecule has 0 aromatic heterocycles. The second kappa shape index (κ2) is 19.3. The molecule has 1 aromatic rings. The molecule has 0 saturated heterocycles. The van der Waals surface area contributed by atoms with Crippen molar-refractivity contribution in [3.8, 4) is 5.75 Å². The van der Waals surface area contributed by atoms with E-state index in [1.54, 1.807) is 0 Å². The number of amides is 1. The molecule has 1 atom stereocenters. The zero-order valence-electron chi connectivity index (χ0n) is 21.7. The van der Waals surface area contributed by atoms with Crippen LogP contribution in [0.15, 0.2) is 18.2 Å². The van der Waals surface area contributed by atoms with Gasteiger partial charge in [-0.05, 0) is 32.1 Å². The fraction of sp³-hybridized carbons (Fsp3) is 0.615. The van der Waals surface area contributed by atoms with E-state index in [-0.39, 0.29) is 32.0 Å². The maximum atomic E-state index is 13.5. The summed E-state index contributed by atoms with van der Waals surface area (Å²) >= 11 is 0. The van der Waals surface area contributed by atoms with Gasteiger partial charge in [-0.25, -0.2) is 13.6 Å². The predicted molar refractivity (Wildman–Crippen MR) is 130 cm³/mol. The molecule has 2 rings (SSSR count). The van der Waals surface area contributed by atoms with Gasteiger partial charge < -0.3 is 33.7 Å². The van der Waals surface area contributed by atoms with Crippen LogP contribution in [0.3, 0.4) is 0 Å². The fourth-order valence-electron chi connectivity index (χ4n) is 3.38. The average Bonchev–Trinajstić information content (AvgIpc) is 2.89. The van der Waals surface area contributed by atoms with E-state index in [0.29, 0.717) is 39.6 Å². The van der Waals surface area contributed by atoms with Crippen LogP contribution in [0.25, 0.3) is 0 Å². The number of rotatable bonds is 17. The number of carbonyl (C=O) groups excluding carboxylic acids is 2. The number of alkyl carbamates (subject to hydrolysis) is 1. The van der Waals surface area contributed by atoms with Gasteiger partial charge in [0, 0.05) is 12.6 Å². The molecule has 1 amide bonds. The molecule has 0 fully saturated rings. The Morgan fingerprint density at radius 2 is 1.33 bits per heavy atom. The van der Waals surface area contributed by atoms with Gasteiger partial charge in [0.15, 0.2) is 11.6 Å². The van der Waals surface area contributed by atoms with E-state index in [4.69, 9.17) is 23.7 Å². The Morgan fingerprint density at radius 3 is 1.97 bits per heavy atom. The molecule has 0 spiro atoms. The van der Waals surface area contributed by atoms with E-state index in [2.05, 4.69) is 22.2 Å². The quantitative estimate of drug-likeness (QED) is 0.0749. The van der Waals surface area contributed by atoms with Gasteiger partial charge in [-0.15, -0.1) is 0 Å². The molecule has 0 saturated carbocycles.